The zero-order chi connectivity index (χ0) is 10.7. The molecule has 1 rings (SSSR count). The molecular weight excluding hydrogens is 194 g/mol. The minimum Gasteiger partial charge on any atom is -0.324 e. The second-order valence-electron chi connectivity index (χ2n) is 4.21. The van der Waals surface area contributed by atoms with E-state index in [1.54, 1.807) is 0 Å². The summed E-state index contributed by atoms with van der Waals surface area (Å²) in [5.74, 6) is 0.598. The Morgan fingerprint density at radius 3 is 2.50 bits per heavy atom. The van der Waals surface area contributed by atoms with E-state index in [1.807, 2.05) is 12.1 Å². The van der Waals surface area contributed by atoms with Crippen molar-refractivity contribution in [3.8, 4) is 0 Å². The first-order valence-corrected chi connectivity index (χ1v) is 5.40. The fraction of sp³-hybridized carbons (Fsp3) is 0.500. The maximum atomic E-state index is 6.13. The largest absolute Gasteiger partial charge is 0.324 e. The Bertz CT molecular complexity index is 287. The fourth-order valence-electron chi connectivity index (χ4n) is 1.74. The molecule has 0 aliphatic rings. The van der Waals surface area contributed by atoms with Gasteiger partial charge in [0.2, 0.25) is 0 Å². The van der Waals surface area contributed by atoms with Crippen LogP contribution >= 0.6 is 11.6 Å². The highest BCUT2D eigenvalue weighted by molar-refractivity contribution is 6.31. The van der Waals surface area contributed by atoms with Gasteiger partial charge in [-0.3, -0.25) is 0 Å². The van der Waals surface area contributed by atoms with Crippen molar-refractivity contribution in [3.05, 3.63) is 34.3 Å². The highest BCUT2D eigenvalue weighted by Crippen LogP contribution is 2.28. The minimum atomic E-state index is 0.0590. The van der Waals surface area contributed by atoms with Gasteiger partial charge in [0.15, 0.2) is 0 Å². The summed E-state index contributed by atoms with van der Waals surface area (Å²) in [4.78, 5) is 0. The molecular formula is C12H18ClN. The van der Waals surface area contributed by atoms with Crippen molar-refractivity contribution in [2.75, 3.05) is 0 Å². The standard InChI is InChI=1S/C12H18ClN/c1-8(2)7-11(14)12-9(3)5-4-6-10(12)13/h4-6,8,11H,7,14H2,1-3H3. The number of nitrogens with two attached hydrogens (primary N) is 1. The Morgan fingerprint density at radius 2 is 2.00 bits per heavy atom. The van der Waals surface area contributed by atoms with Crippen LogP contribution in [0.15, 0.2) is 18.2 Å². The molecule has 2 heteroatoms. The summed E-state index contributed by atoms with van der Waals surface area (Å²) < 4.78 is 0. The van der Waals surface area contributed by atoms with Gasteiger partial charge in [-0.25, -0.2) is 0 Å². The van der Waals surface area contributed by atoms with Gasteiger partial charge >= 0.3 is 0 Å². The Balaban J connectivity index is 2.94. The molecule has 1 atom stereocenters. The summed E-state index contributed by atoms with van der Waals surface area (Å²) in [7, 11) is 0. The average molecular weight is 212 g/mol. The molecule has 0 radical (unpaired) electrons. The molecule has 0 amide bonds. The maximum absolute atomic E-state index is 6.13. The van der Waals surface area contributed by atoms with Crippen molar-refractivity contribution in [1.29, 1.82) is 0 Å². The number of hydrogen-bond acceptors (Lipinski definition) is 1. The molecule has 0 aliphatic heterocycles. The lowest BCUT2D eigenvalue weighted by atomic mass is 9.95. The van der Waals surface area contributed by atoms with Crippen LogP contribution in [0, 0.1) is 12.8 Å². The Labute approximate surface area is 91.3 Å². The molecule has 0 fully saturated rings. The van der Waals surface area contributed by atoms with E-state index < -0.39 is 0 Å². The second-order valence-corrected chi connectivity index (χ2v) is 4.61. The predicted molar refractivity (Wildman–Crippen MR) is 62.6 cm³/mol. The van der Waals surface area contributed by atoms with Gasteiger partial charge in [0, 0.05) is 11.1 Å². The lowest BCUT2D eigenvalue weighted by Gasteiger charge is -2.18. The Kier molecular flexibility index (Phi) is 3.97. The van der Waals surface area contributed by atoms with Gasteiger partial charge in [-0.15, -0.1) is 0 Å². The molecule has 1 nitrogen and oxygen atoms in total. The van der Waals surface area contributed by atoms with E-state index >= 15 is 0 Å². The summed E-state index contributed by atoms with van der Waals surface area (Å²) in [6.07, 6.45) is 0.977. The molecule has 0 bridgehead atoms. The first kappa shape index (κ1) is 11.5. The van der Waals surface area contributed by atoms with E-state index in [9.17, 15) is 0 Å². The monoisotopic (exact) mass is 211 g/mol. The summed E-state index contributed by atoms with van der Waals surface area (Å²) in [5.41, 5.74) is 8.40. The molecule has 14 heavy (non-hydrogen) atoms. The van der Waals surface area contributed by atoms with E-state index in [1.165, 1.54) is 5.56 Å². The number of halogens is 1. The third kappa shape index (κ3) is 2.73. The molecule has 2 N–H and O–H groups in total. The highest BCUT2D eigenvalue weighted by Gasteiger charge is 2.13. The van der Waals surface area contributed by atoms with E-state index in [0.29, 0.717) is 5.92 Å². The van der Waals surface area contributed by atoms with Crippen LogP contribution in [0.25, 0.3) is 0 Å². The van der Waals surface area contributed by atoms with Crippen molar-refractivity contribution in [3.63, 3.8) is 0 Å². The number of hydrogen-bond donors (Lipinski definition) is 1. The zero-order valence-corrected chi connectivity index (χ0v) is 9.81. The lowest BCUT2D eigenvalue weighted by molar-refractivity contribution is 0.509. The maximum Gasteiger partial charge on any atom is 0.0456 e. The van der Waals surface area contributed by atoms with Crippen molar-refractivity contribution in [2.45, 2.75) is 33.2 Å². The molecule has 1 aromatic carbocycles. The molecule has 78 valence electrons. The third-order valence-electron chi connectivity index (χ3n) is 2.37. The quantitative estimate of drug-likeness (QED) is 0.811. The molecule has 0 aliphatic carbocycles. The number of aryl methyl sites for hydroxylation is 1. The summed E-state index contributed by atoms with van der Waals surface area (Å²) >= 11 is 6.13. The van der Waals surface area contributed by atoms with Gasteiger partial charge in [-0.05, 0) is 36.5 Å². The van der Waals surface area contributed by atoms with Crippen LogP contribution in [0.2, 0.25) is 5.02 Å². The van der Waals surface area contributed by atoms with Crippen molar-refractivity contribution in [1.82, 2.24) is 0 Å². The summed E-state index contributed by atoms with van der Waals surface area (Å²) in [6.45, 7) is 6.40. The normalized spacial score (nSPS) is 13.3. The van der Waals surface area contributed by atoms with E-state index in [0.717, 1.165) is 17.0 Å². The van der Waals surface area contributed by atoms with Crippen LogP contribution in [0.3, 0.4) is 0 Å². The first-order valence-electron chi connectivity index (χ1n) is 5.03. The van der Waals surface area contributed by atoms with E-state index in [2.05, 4.69) is 26.8 Å². The number of rotatable bonds is 3. The minimum absolute atomic E-state index is 0.0590. The molecule has 0 spiro atoms. The van der Waals surface area contributed by atoms with Gasteiger partial charge in [0.25, 0.3) is 0 Å². The topological polar surface area (TPSA) is 26.0 Å². The molecule has 1 unspecified atom stereocenters. The van der Waals surface area contributed by atoms with Crippen molar-refractivity contribution >= 4 is 11.6 Å². The third-order valence-corrected chi connectivity index (χ3v) is 2.70. The van der Waals surface area contributed by atoms with Crippen LogP contribution in [-0.4, -0.2) is 0 Å². The van der Waals surface area contributed by atoms with E-state index in [-0.39, 0.29) is 6.04 Å². The van der Waals surface area contributed by atoms with Crippen LogP contribution in [0.1, 0.15) is 37.4 Å². The van der Waals surface area contributed by atoms with Gasteiger partial charge in [-0.2, -0.15) is 0 Å². The van der Waals surface area contributed by atoms with Gasteiger partial charge in [0.05, 0.1) is 0 Å². The number of benzene rings is 1. The highest BCUT2D eigenvalue weighted by atomic mass is 35.5. The Hall–Kier alpha value is -0.530. The Morgan fingerprint density at radius 1 is 1.36 bits per heavy atom. The van der Waals surface area contributed by atoms with Crippen LogP contribution in [0.4, 0.5) is 0 Å². The summed E-state index contributed by atoms with van der Waals surface area (Å²) in [5, 5.41) is 0.790. The predicted octanol–water partition coefficient (Wildman–Crippen LogP) is 3.69. The van der Waals surface area contributed by atoms with Crippen LogP contribution < -0.4 is 5.73 Å². The molecule has 0 aromatic heterocycles. The molecule has 0 saturated carbocycles. The molecule has 0 heterocycles. The van der Waals surface area contributed by atoms with Crippen molar-refractivity contribution < 1.29 is 0 Å². The second kappa shape index (κ2) is 4.81. The zero-order valence-electron chi connectivity index (χ0n) is 9.05. The smallest absolute Gasteiger partial charge is 0.0456 e. The summed E-state index contributed by atoms with van der Waals surface area (Å²) in [6, 6.07) is 5.98. The fourth-order valence-corrected chi connectivity index (χ4v) is 2.10. The van der Waals surface area contributed by atoms with E-state index in [4.69, 9.17) is 17.3 Å². The average Bonchev–Trinajstić information content (AvgIpc) is 2.01. The molecule has 0 saturated heterocycles. The van der Waals surface area contributed by atoms with Crippen LogP contribution in [-0.2, 0) is 0 Å². The SMILES string of the molecule is Cc1cccc(Cl)c1C(N)CC(C)C. The van der Waals surface area contributed by atoms with Gasteiger partial charge in [0.1, 0.15) is 0 Å². The molecule has 1 aromatic rings. The van der Waals surface area contributed by atoms with Gasteiger partial charge < -0.3 is 5.73 Å². The lowest BCUT2D eigenvalue weighted by Crippen LogP contribution is -2.14. The van der Waals surface area contributed by atoms with Crippen LogP contribution in [0.5, 0.6) is 0 Å². The van der Waals surface area contributed by atoms with Gasteiger partial charge in [-0.1, -0.05) is 37.6 Å². The first-order chi connectivity index (χ1) is 6.52. The van der Waals surface area contributed by atoms with Crippen molar-refractivity contribution in [2.24, 2.45) is 11.7 Å².